The Morgan fingerprint density at radius 1 is 1.18 bits per heavy atom. The smallest absolute Gasteiger partial charge is 0.256 e. The van der Waals surface area contributed by atoms with Crippen LogP contribution in [0, 0.1) is 0 Å². The lowest BCUT2D eigenvalue weighted by Gasteiger charge is -2.04. The number of carbonyl (C=O) groups excluding carboxylic acids is 1. The SMILES string of the molecule is O=C(Nc1cccc(Cl)n1)c1ccc(Br)cc1. The molecule has 0 atom stereocenters. The zero-order valence-electron chi connectivity index (χ0n) is 8.65. The van der Waals surface area contributed by atoms with Gasteiger partial charge >= 0.3 is 0 Å². The number of rotatable bonds is 2. The number of hydrogen-bond donors (Lipinski definition) is 1. The maximum Gasteiger partial charge on any atom is 0.256 e. The molecule has 0 saturated heterocycles. The topological polar surface area (TPSA) is 42.0 Å². The molecule has 1 aromatic heterocycles. The second-order valence-electron chi connectivity index (χ2n) is 3.31. The highest BCUT2D eigenvalue weighted by Gasteiger charge is 2.06. The summed E-state index contributed by atoms with van der Waals surface area (Å²) >= 11 is 9.04. The molecule has 1 N–H and O–H groups in total. The fourth-order valence-electron chi connectivity index (χ4n) is 1.27. The quantitative estimate of drug-likeness (QED) is 0.858. The van der Waals surface area contributed by atoms with Crippen LogP contribution in [0.4, 0.5) is 5.82 Å². The number of pyridine rings is 1. The van der Waals surface area contributed by atoms with E-state index in [1.165, 1.54) is 0 Å². The van der Waals surface area contributed by atoms with Gasteiger partial charge in [0.25, 0.3) is 5.91 Å². The lowest BCUT2D eigenvalue weighted by molar-refractivity contribution is 0.102. The third-order valence-corrected chi connectivity index (χ3v) is 2.80. The summed E-state index contributed by atoms with van der Waals surface area (Å²) in [6, 6.07) is 12.1. The van der Waals surface area contributed by atoms with Gasteiger partial charge in [-0.05, 0) is 36.4 Å². The van der Waals surface area contributed by atoms with Crippen LogP contribution in [0.15, 0.2) is 46.9 Å². The predicted molar refractivity (Wildman–Crippen MR) is 71.3 cm³/mol. The number of anilines is 1. The first-order valence-electron chi connectivity index (χ1n) is 4.84. The number of hydrogen-bond acceptors (Lipinski definition) is 2. The standard InChI is InChI=1S/C12H8BrClN2O/c13-9-6-4-8(5-7-9)12(17)16-11-3-1-2-10(14)15-11/h1-7H,(H,15,16,17). The highest BCUT2D eigenvalue weighted by molar-refractivity contribution is 9.10. The largest absolute Gasteiger partial charge is 0.307 e. The van der Waals surface area contributed by atoms with Crippen LogP contribution in [0.1, 0.15) is 10.4 Å². The summed E-state index contributed by atoms with van der Waals surface area (Å²) in [5, 5.41) is 3.01. The summed E-state index contributed by atoms with van der Waals surface area (Å²) < 4.78 is 0.926. The second-order valence-corrected chi connectivity index (χ2v) is 4.61. The summed E-state index contributed by atoms with van der Waals surface area (Å²) in [7, 11) is 0. The summed E-state index contributed by atoms with van der Waals surface area (Å²) in [4.78, 5) is 15.8. The minimum Gasteiger partial charge on any atom is -0.307 e. The van der Waals surface area contributed by atoms with Gasteiger partial charge in [0.15, 0.2) is 0 Å². The maximum absolute atomic E-state index is 11.8. The number of carbonyl (C=O) groups is 1. The Kier molecular flexibility index (Phi) is 3.76. The van der Waals surface area contributed by atoms with Gasteiger partial charge in [-0.15, -0.1) is 0 Å². The minimum absolute atomic E-state index is 0.215. The van der Waals surface area contributed by atoms with E-state index in [4.69, 9.17) is 11.6 Å². The normalized spacial score (nSPS) is 10.0. The molecule has 2 aromatic rings. The van der Waals surface area contributed by atoms with Crippen molar-refractivity contribution in [3.8, 4) is 0 Å². The van der Waals surface area contributed by atoms with Crippen LogP contribution in [0.2, 0.25) is 5.15 Å². The lowest BCUT2D eigenvalue weighted by Crippen LogP contribution is -2.12. The van der Waals surface area contributed by atoms with Crippen molar-refractivity contribution in [2.24, 2.45) is 0 Å². The van der Waals surface area contributed by atoms with Crippen LogP contribution in [-0.2, 0) is 0 Å². The Labute approximate surface area is 112 Å². The predicted octanol–water partition coefficient (Wildman–Crippen LogP) is 3.75. The first-order chi connectivity index (χ1) is 8.15. The van der Waals surface area contributed by atoms with Gasteiger partial charge in [0.2, 0.25) is 0 Å². The summed E-state index contributed by atoms with van der Waals surface area (Å²) in [5.41, 5.74) is 0.565. The van der Waals surface area contributed by atoms with E-state index in [9.17, 15) is 4.79 Å². The number of amides is 1. The van der Waals surface area contributed by atoms with E-state index in [-0.39, 0.29) is 5.91 Å². The fraction of sp³-hybridized carbons (Fsp3) is 0. The van der Waals surface area contributed by atoms with E-state index in [1.54, 1.807) is 42.5 Å². The van der Waals surface area contributed by atoms with Crippen molar-refractivity contribution in [1.29, 1.82) is 0 Å². The average molecular weight is 312 g/mol. The van der Waals surface area contributed by atoms with Crippen LogP contribution >= 0.6 is 27.5 Å². The van der Waals surface area contributed by atoms with Crippen molar-refractivity contribution in [2.45, 2.75) is 0 Å². The second kappa shape index (κ2) is 5.29. The molecular formula is C12H8BrClN2O. The Bertz CT molecular complexity index is 542. The molecule has 0 bridgehead atoms. The zero-order valence-corrected chi connectivity index (χ0v) is 11.0. The molecule has 0 fully saturated rings. The first kappa shape index (κ1) is 12.1. The Morgan fingerprint density at radius 3 is 2.53 bits per heavy atom. The summed E-state index contributed by atoms with van der Waals surface area (Å²) in [6.07, 6.45) is 0. The molecule has 1 aromatic carbocycles. The number of nitrogens with one attached hydrogen (secondary N) is 1. The molecular weight excluding hydrogens is 304 g/mol. The molecule has 86 valence electrons. The van der Waals surface area contributed by atoms with Crippen molar-refractivity contribution in [2.75, 3.05) is 5.32 Å². The van der Waals surface area contributed by atoms with Crippen molar-refractivity contribution < 1.29 is 4.79 Å². The Balaban J connectivity index is 2.14. The molecule has 0 unspecified atom stereocenters. The molecule has 0 saturated carbocycles. The highest BCUT2D eigenvalue weighted by Crippen LogP contribution is 2.13. The zero-order chi connectivity index (χ0) is 12.3. The lowest BCUT2D eigenvalue weighted by atomic mass is 10.2. The fourth-order valence-corrected chi connectivity index (χ4v) is 1.70. The van der Waals surface area contributed by atoms with Gasteiger partial charge in [-0.2, -0.15) is 0 Å². The molecule has 0 aliphatic rings. The molecule has 1 heterocycles. The summed E-state index contributed by atoms with van der Waals surface area (Å²) in [6.45, 7) is 0. The van der Waals surface area contributed by atoms with E-state index in [2.05, 4.69) is 26.2 Å². The van der Waals surface area contributed by atoms with E-state index in [1.807, 2.05) is 0 Å². The number of halogens is 2. The number of nitrogens with zero attached hydrogens (tertiary/aromatic N) is 1. The first-order valence-corrected chi connectivity index (χ1v) is 6.02. The average Bonchev–Trinajstić information content (AvgIpc) is 2.29. The van der Waals surface area contributed by atoms with Gasteiger partial charge in [-0.3, -0.25) is 4.79 Å². The summed E-state index contributed by atoms with van der Waals surface area (Å²) in [5.74, 6) is 0.220. The maximum atomic E-state index is 11.8. The third kappa shape index (κ3) is 3.28. The van der Waals surface area contributed by atoms with E-state index >= 15 is 0 Å². The molecule has 0 aliphatic heterocycles. The van der Waals surface area contributed by atoms with Crippen LogP contribution in [0.5, 0.6) is 0 Å². The van der Waals surface area contributed by atoms with Gasteiger partial charge in [0.1, 0.15) is 11.0 Å². The monoisotopic (exact) mass is 310 g/mol. The number of aromatic nitrogens is 1. The van der Waals surface area contributed by atoms with Crippen LogP contribution in [-0.4, -0.2) is 10.9 Å². The number of benzene rings is 1. The highest BCUT2D eigenvalue weighted by atomic mass is 79.9. The van der Waals surface area contributed by atoms with E-state index < -0.39 is 0 Å². The van der Waals surface area contributed by atoms with Gasteiger partial charge < -0.3 is 5.32 Å². The van der Waals surface area contributed by atoms with Gasteiger partial charge in [0.05, 0.1) is 0 Å². The van der Waals surface area contributed by atoms with Crippen molar-refractivity contribution in [3.05, 3.63) is 57.7 Å². The molecule has 3 nitrogen and oxygen atoms in total. The van der Waals surface area contributed by atoms with Crippen molar-refractivity contribution >= 4 is 39.3 Å². The van der Waals surface area contributed by atoms with Gasteiger partial charge in [-0.25, -0.2) is 4.98 Å². The molecule has 0 radical (unpaired) electrons. The van der Waals surface area contributed by atoms with Crippen LogP contribution in [0.25, 0.3) is 0 Å². The molecule has 17 heavy (non-hydrogen) atoms. The molecule has 1 amide bonds. The van der Waals surface area contributed by atoms with E-state index in [0.717, 1.165) is 4.47 Å². The van der Waals surface area contributed by atoms with Crippen LogP contribution in [0.3, 0.4) is 0 Å². The van der Waals surface area contributed by atoms with Gasteiger partial charge in [-0.1, -0.05) is 33.6 Å². The van der Waals surface area contributed by atoms with Crippen LogP contribution < -0.4 is 5.32 Å². The molecule has 0 spiro atoms. The van der Waals surface area contributed by atoms with E-state index in [0.29, 0.717) is 16.5 Å². The van der Waals surface area contributed by atoms with Crippen molar-refractivity contribution in [1.82, 2.24) is 4.98 Å². The molecule has 2 rings (SSSR count). The molecule has 5 heteroatoms. The minimum atomic E-state index is -0.215. The third-order valence-electron chi connectivity index (χ3n) is 2.06. The molecule has 0 aliphatic carbocycles. The van der Waals surface area contributed by atoms with Gasteiger partial charge in [0, 0.05) is 10.0 Å². The Hall–Kier alpha value is -1.39. The van der Waals surface area contributed by atoms with Crippen molar-refractivity contribution in [3.63, 3.8) is 0 Å². The Morgan fingerprint density at radius 2 is 1.88 bits per heavy atom.